The number of aryl methyl sites for hydroxylation is 1. The van der Waals surface area contributed by atoms with Gasteiger partial charge in [-0.05, 0) is 19.1 Å². The first-order valence-electron chi connectivity index (χ1n) is 6.01. The van der Waals surface area contributed by atoms with E-state index in [0.29, 0.717) is 4.64 Å². The van der Waals surface area contributed by atoms with Crippen LogP contribution in [0.25, 0.3) is 11.5 Å². The van der Waals surface area contributed by atoms with Crippen LogP contribution in [0.15, 0.2) is 18.2 Å². The highest BCUT2D eigenvalue weighted by Crippen LogP contribution is 2.18. The zero-order valence-electron chi connectivity index (χ0n) is 10.2. The molecule has 0 aromatic carbocycles. The summed E-state index contributed by atoms with van der Waals surface area (Å²) in [5.41, 5.74) is 4.13. The van der Waals surface area contributed by atoms with Gasteiger partial charge in [0.25, 0.3) is 0 Å². The van der Waals surface area contributed by atoms with Crippen molar-refractivity contribution < 1.29 is 0 Å². The van der Waals surface area contributed by atoms with Crippen molar-refractivity contribution >= 4 is 12.2 Å². The maximum absolute atomic E-state index is 5.36. The van der Waals surface area contributed by atoms with Gasteiger partial charge in [0.2, 0.25) is 0 Å². The standard InChI is InChI=1S/C13H14N4S/c1-8-3-2-4-11(15-8)12-16-10-5-6-14-7-9(10)13(18)17-12/h2-4,14H,5-7H2,1H3,(H,16,17,18). The van der Waals surface area contributed by atoms with Crippen molar-refractivity contribution in [2.75, 3.05) is 6.54 Å². The first kappa shape index (κ1) is 11.5. The van der Waals surface area contributed by atoms with Crippen LogP contribution in [0.1, 0.15) is 17.0 Å². The summed E-state index contributed by atoms with van der Waals surface area (Å²) in [6.45, 7) is 3.75. The SMILES string of the molecule is Cc1cccc(-c2nc(=S)c3c([nH]2)CCNC3)n1. The third-order valence-electron chi connectivity index (χ3n) is 3.09. The predicted octanol–water partition coefficient (Wildman–Crippen LogP) is 2.16. The number of aromatic nitrogens is 3. The zero-order chi connectivity index (χ0) is 12.5. The van der Waals surface area contributed by atoms with Gasteiger partial charge in [-0.25, -0.2) is 9.97 Å². The molecule has 2 aromatic rings. The van der Waals surface area contributed by atoms with Crippen LogP contribution in [-0.2, 0) is 13.0 Å². The number of H-pyrrole nitrogens is 1. The Morgan fingerprint density at radius 3 is 3.00 bits per heavy atom. The van der Waals surface area contributed by atoms with Crippen molar-refractivity contribution in [1.29, 1.82) is 0 Å². The van der Waals surface area contributed by atoms with Crippen LogP contribution in [0.2, 0.25) is 0 Å². The summed E-state index contributed by atoms with van der Waals surface area (Å²) in [5.74, 6) is 0.768. The molecule has 1 aliphatic heterocycles. The van der Waals surface area contributed by atoms with E-state index in [1.165, 1.54) is 5.69 Å². The van der Waals surface area contributed by atoms with Crippen molar-refractivity contribution in [3.8, 4) is 11.5 Å². The van der Waals surface area contributed by atoms with E-state index in [4.69, 9.17) is 12.2 Å². The van der Waals surface area contributed by atoms with Crippen molar-refractivity contribution in [3.05, 3.63) is 39.8 Å². The lowest BCUT2D eigenvalue weighted by Crippen LogP contribution is -2.25. The molecule has 2 N–H and O–H groups in total. The van der Waals surface area contributed by atoms with Gasteiger partial charge in [0.15, 0.2) is 5.82 Å². The minimum absolute atomic E-state index is 0.675. The van der Waals surface area contributed by atoms with E-state index in [0.717, 1.165) is 42.3 Å². The Kier molecular flexibility index (Phi) is 2.93. The molecule has 3 heterocycles. The molecule has 0 bridgehead atoms. The number of aromatic amines is 1. The van der Waals surface area contributed by atoms with E-state index in [9.17, 15) is 0 Å². The van der Waals surface area contributed by atoms with Gasteiger partial charge in [0, 0.05) is 36.5 Å². The normalized spacial score (nSPS) is 14.3. The molecule has 5 heteroatoms. The zero-order valence-corrected chi connectivity index (χ0v) is 11.0. The largest absolute Gasteiger partial charge is 0.341 e. The van der Waals surface area contributed by atoms with Gasteiger partial charge >= 0.3 is 0 Å². The smallest absolute Gasteiger partial charge is 0.157 e. The summed E-state index contributed by atoms with van der Waals surface area (Å²) < 4.78 is 0.675. The molecule has 0 saturated heterocycles. The first-order chi connectivity index (χ1) is 8.74. The molecule has 2 aromatic heterocycles. The number of pyridine rings is 1. The average Bonchev–Trinajstić information content (AvgIpc) is 2.39. The quantitative estimate of drug-likeness (QED) is 0.770. The molecule has 92 valence electrons. The van der Waals surface area contributed by atoms with Gasteiger partial charge in [-0.1, -0.05) is 18.3 Å². The highest BCUT2D eigenvalue weighted by atomic mass is 32.1. The number of hydrogen-bond acceptors (Lipinski definition) is 4. The minimum atomic E-state index is 0.675. The second kappa shape index (κ2) is 4.59. The molecular weight excluding hydrogens is 244 g/mol. The molecule has 18 heavy (non-hydrogen) atoms. The van der Waals surface area contributed by atoms with Gasteiger partial charge in [0.1, 0.15) is 10.3 Å². The van der Waals surface area contributed by atoms with Crippen LogP contribution in [0, 0.1) is 11.6 Å². The summed E-state index contributed by atoms with van der Waals surface area (Å²) >= 11 is 5.36. The maximum Gasteiger partial charge on any atom is 0.157 e. The molecule has 1 aliphatic rings. The van der Waals surface area contributed by atoms with Crippen LogP contribution in [0.5, 0.6) is 0 Å². The minimum Gasteiger partial charge on any atom is -0.341 e. The molecule has 0 radical (unpaired) electrons. The Morgan fingerprint density at radius 1 is 1.28 bits per heavy atom. The number of nitrogens with zero attached hydrogens (tertiary/aromatic N) is 2. The Labute approximate surface area is 111 Å². The molecule has 0 fully saturated rings. The highest BCUT2D eigenvalue weighted by molar-refractivity contribution is 7.71. The van der Waals surface area contributed by atoms with Gasteiger partial charge < -0.3 is 10.3 Å². The lowest BCUT2D eigenvalue weighted by atomic mass is 10.1. The van der Waals surface area contributed by atoms with Crippen molar-refractivity contribution in [2.24, 2.45) is 0 Å². The third kappa shape index (κ3) is 2.07. The van der Waals surface area contributed by atoms with Gasteiger partial charge in [-0.3, -0.25) is 0 Å². The van der Waals surface area contributed by atoms with Crippen molar-refractivity contribution in [3.63, 3.8) is 0 Å². The molecule has 0 spiro atoms. The topological polar surface area (TPSA) is 53.6 Å². The number of hydrogen-bond donors (Lipinski definition) is 2. The molecule has 3 rings (SSSR count). The van der Waals surface area contributed by atoms with Crippen molar-refractivity contribution in [2.45, 2.75) is 19.9 Å². The Morgan fingerprint density at radius 2 is 2.17 bits per heavy atom. The number of fused-ring (bicyclic) bond motifs is 1. The molecule has 0 atom stereocenters. The molecule has 0 saturated carbocycles. The lowest BCUT2D eigenvalue weighted by molar-refractivity contribution is 0.624. The van der Waals surface area contributed by atoms with E-state index in [1.54, 1.807) is 0 Å². The van der Waals surface area contributed by atoms with E-state index >= 15 is 0 Å². The van der Waals surface area contributed by atoms with Gasteiger partial charge in [-0.15, -0.1) is 0 Å². The number of nitrogens with one attached hydrogen (secondary N) is 2. The fourth-order valence-electron chi connectivity index (χ4n) is 2.16. The molecule has 0 aliphatic carbocycles. The Bertz CT molecular complexity index is 648. The third-order valence-corrected chi connectivity index (χ3v) is 3.43. The van der Waals surface area contributed by atoms with E-state index in [2.05, 4.69) is 20.3 Å². The Balaban J connectivity index is 2.14. The van der Waals surface area contributed by atoms with Crippen LogP contribution < -0.4 is 5.32 Å². The fourth-order valence-corrected chi connectivity index (χ4v) is 2.45. The van der Waals surface area contributed by atoms with Crippen LogP contribution in [-0.4, -0.2) is 21.5 Å². The fraction of sp³-hybridized carbons (Fsp3) is 0.308. The van der Waals surface area contributed by atoms with Crippen LogP contribution >= 0.6 is 12.2 Å². The predicted molar refractivity (Wildman–Crippen MR) is 72.8 cm³/mol. The summed E-state index contributed by atoms with van der Waals surface area (Å²) in [6.07, 6.45) is 0.959. The monoisotopic (exact) mass is 258 g/mol. The highest BCUT2D eigenvalue weighted by Gasteiger charge is 2.13. The van der Waals surface area contributed by atoms with E-state index < -0.39 is 0 Å². The van der Waals surface area contributed by atoms with Crippen molar-refractivity contribution in [1.82, 2.24) is 20.3 Å². The van der Waals surface area contributed by atoms with Crippen LogP contribution in [0.4, 0.5) is 0 Å². The van der Waals surface area contributed by atoms with Gasteiger partial charge in [-0.2, -0.15) is 0 Å². The second-order valence-electron chi connectivity index (χ2n) is 4.44. The first-order valence-corrected chi connectivity index (χ1v) is 6.42. The molecular formula is C13H14N4S. The molecule has 0 amide bonds. The number of rotatable bonds is 1. The Hall–Kier alpha value is -1.59. The summed E-state index contributed by atoms with van der Waals surface area (Å²) in [7, 11) is 0. The van der Waals surface area contributed by atoms with E-state index in [-0.39, 0.29) is 0 Å². The summed E-state index contributed by atoms with van der Waals surface area (Å²) in [5, 5.41) is 3.31. The van der Waals surface area contributed by atoms with Crippen LogP contribution in [0.3, 0.4) is 0 Å². The molecule has 0 unspecified atom stereocenters. The summed E-state index contributed by atoms with van der Waals surface area (Å²) in [4.78, 5) is 12.3. The average molecular weight is 258 g/mol. The lowest BCUT2D eigenvalue weighted by Gasteiger charge is -2.17. The van der Waals surface area contributed by atoms with Gasteiger partial charge in [0.05, 0.1) is 0 Å². The van der Waals surface area contributed by atoms with E-state index in [1.807, 2.05) is 25.1 Å². The summed E-state index contributed by atoms with van der Waals surface area (Å²) in [6, 6.07) is 5.91. The molecule has 4 nitrogen and oxygen atoms in total. The maximum atomic E-state index is 5.36. The second-order valence-corrected chi connectivity index (χ2v) is 4.83.